The van der Waals surface area contributed by atoms with Gasteiger partial charge in [0.25, 0.3) is 5.91 Å². The molecule has 3 N–H and O–H groups in total. The summed E-state index contributed by atoms with van der Waals surface area (Å²) in [6.07, 6.45) is 3.57. The summed E-state index contributed by atoms with van der Waals surface area (Å²) < 4.78 is 0. The van der Waals surface area contributed by atoms with Crippen LogP contribution in [-0.2, 0) is 12.0 Å². The molecule has 0 saturated heterocycles. The molecule has 0 spiro atoms. The lowest BCUT2D eigenvalue weighted by Gasteiger charge is -2.38. The highest BCUT2D eigenvalue weighted by atomic mass is 16.2. The first-order chi connectivity index (χ1) is 13.2. The van der Waals surface area contributed by atoms with Crippen molar-refractivity contribution in [2.45, 2.75) is 71.9 Å². The summed E-state index contributed by atoms with van der Waals surface area (Å²) in [6, 6.07) is 3.01. The lowest BCUT2D eigenvalue weighted by atomic mass is 9.79. The molecule has 1 aliphatic rings. The van der Waals surface area contributed by atoms with Crippen LogP contribution < -0.4 is 16.2 Å². The molecular weight excluding hydrogens is 354 g/mol. The molecule has 2 aromatic heterocycles. The van der Waals surface area contributed by atoms with Gasteiger partial charge in [-0.2, -0.15) is 0 Å². The molecule has 150 valence electrons. The van der Waals surface area contributed by atoms with E-state index in [1.807, 2.05) is 27.7 Å². The number of carbonyl (C=O) groups excluding carboxylic acids is 1. The van der Waals surface area contributed by atoms with Gasteiger partial charge >= 0.3 is 0 Å². The first-order valence-electron chi connectivity index (χ1n) is 9.90. The van der Waals surface area contributed by atoms with Crippen LogP contribution in [0.25, 0.3) is 0 Å². The minimum absolute atomic E-state index is 0.0527. The number of aryl methyl sites for hydroxylation is 3. The van der Waals surface area contributed by atoms with Crippen LogP contribution in [0.5, 0.6) is 0 Å². The largest absolute Gasteiger partial charge is 0.362 e. The van der Waals surface area contributed by atoms with Gasteiger partial charge in [-0.15, -0.1) is 0 Å². The van der Waals surface area contributed by atoms with Gasteiger partial charge in [0, 0.05) is 29.1 Å². The quantitative estimate of drug-likeness (QED) is 0.737. The van der Waals surface area contributed by atoms with E-state index in [1.165, 1.54) is 6.07 Å². The number of amides is 1. The number of pyridine rings is 1. The Morgan fingerprint density at radius 2 is 2.07 bits per heavy atom. The van der Waals surface area contributed by atoms with Gasteiger partial charge in [0.1, 0.15) is 11.6 Å². The average molecular weight is 383 g/mol. The predicted octanol–water partition coefficient (Wildman–Crippen LogP) is 2.97. The minimum Gasteiger partial charge on any atom is -0.362 e. The van der Waals surface area contributed by atoms with E-state index in [0.29, 0.717) is 11.4 Å². The lowest BCUT2D eigenvalue weighted by molar-refractivity contribution is 0.0939. The van der Waals surface area contributed by atoms with Crippen molar-refractivity contribution >= 4 is 11.7 Å². The van der Waals surface area contributed by atoms with Crippen molar-refractivity contribution in [3.63, 3.8) is 0 Å². The van der Waals surface area contributed by atoms with Crippen LogP contribution in [0.15, 0.2) is 16.9 Å². The van der Waals surface area contributed by atoms with Gasteiger partial charge in [0.15, 0.2) is 0 Å². The van der Waals surface area contributed by atoms with Crippen LogP contribution in [0.3, 0.4) is 0 Å². The molecule has 2 atom stereocenters. The molecule has 1 aliphatic carbocycles. The lowest BCUT2D eigenvalue weighted by Crippen LogP contribution is -2.40. The van der Waals surface area contributed by atoms with Crippen LogP contribution >= 0.6 is 0 Å². The molecule has 3 rings (SSSR count). The monoisotopic (exact) mass is 383 g/mol. The molecular formula is C21H29N5O2. The number of nitrogens with zero attached hydrogens (tertiary/aromatic N) is 2. The maximum atomic E-state index is 12.8. The molecule has 0 aromatic carbocycles. The first-order valence-corrected chi connectivity index (χ1v) is 9.90. The summed E-state index contributed by atoms with van der Waals surface area (Å²) >= 11 is 0. The Kier molecular flexibility index (Phi) is 5.54. The predicted molar refractivity (Wildman–Crippen MR) is 110 cm³/mol. The van der Waals surface area contributed by atoms with E-state index in [2.05, 4.69) is 32.5 Å². The number of hydrogen-bond acceptors (Lipinski definition) is 5. The fourth-order valence-electron chi connectivity index (χ4n) is 3.98. The smallest absolute Gasteiger partial charge is 0.255 e. The Hall–Kier alpha value is -2.70. The molecule has 1 amide bonds. The van der Waals surface area contributed by atoms with E-state index < -0.39 is 5.54 Å². The van der Waals surface area contributed by atoms with Crippen molar-refractivity contribution in [1.29, 1.82) is 0 Å². The molecule has 0 aliphatic heterocycles. The molecule has 28 heavy (non-hydrogen) atoms. The van der Waals surface area contributed by atoms with E-state index in [0.717, 1.165) is 48.5 Å². The minimum atomic E-state index is -0.471. The van der Waals surface area contributed by atoms with Crippen molar-refractivity contribution in [2.75, 3.05) is 5.32 Å². The number of fused-ring (bicyclic) bond motifs is 1. The van der Waals surface area contributed by atoms with Crippen LogP contribution in [0, 0.1) is 13.8 Å². The summed E-state index contributed by atoms with van der Waals surface area (Å²) in [7, 11) is 0. The molecule has 7 heteroatoms. The second-order valence-electron chi connectivity index (χ2n) is 7.88. The van der Waals surface area contributed by atoms with Gasteiger partial charge < -0.3 is 15.6 Å². The maximum absolute atomic E-state index is 12.8. The zero-order valence-electron chi connectivity index (χ0n) is 17.3. The number of rotatable bonds is 5. The molecule has 0 saturated carbocycles. The molecule has 0 fully saturated rings. The molecule has 2 aromatic rings. The van der Waals surface area contributed by atoms with Crippen molar-refractivity contribution in [3.05, 3.63) is 50.8 Å². The highest BCUT2D eigenvalue weighted by Crippen LogP contribution is 2.38. The number of carbonyl (C=O) groups is 1. The first kappa shape index (κ1) is 20.0. The highest BCUT2D eigenvalue weighted by Gasteiger charge is 2.36. The summed E-state index contributed by atoms with van der Waals surface area (Å²) in [4.78, 5) is 36.7. The van der Waals surface area contributed by atoms with Gasteiger partial charge in [-0.05, 0) is 59.4 Å². The number of aromatic nitrogens is 3. The Bertz CT molecular complexity index is 952. The Morgan fingerprint density at radius 3 is 2.79 bits per heavy atom. The Labute approximate surface area is 165 Å². The van der Waals surface area contributed by atoms with Gasteiger partial charge in [-0.25, -0.2) is 9.97 Å². The second kappa shape index (κ2) is 7.73. The molecule has 0 bridgehead atoms. The van der Waals surface area contributed by atoms with Gasteiger partial charge in [-0.3, -0.25) is 9.59 Å². The molecule has 2 heterocycles. The van der Waals surface area contributed by atoms with E-state index in [9.17, 15) is 9.59 Å². The fraction of sp³-hybridized carbons (Fsp3) is 0.524. The maximum Gasteiger partial charge on any atom is 0.255 e. The number of nitrogens with one attached hydrogen (secondary N) is 3. The number of hydrogen-bond donors (Lipinski definition) is 3. The van der Waals surface area contributed by atoms with Crippen molar-refractivity contribution in [3.8, 4) is 0 Å². The highest BCUT2D eigenvalue weighted by molar-refractivity contribution is 5.99. The number of H-pyrrole nitrogens is 1. The standard InChI is InChI=1S/C21H29N5O2/c1-6-12(2)22-20(28)15-9-10-17(27)25-19(15)26-21(5)11-7-8-16-18(21)13(3)23-14(4)24-16/h9-10,12H,6-8,11H2,1-5H3,(H,22,28)(H2,25,26,27). The van der Waals surface area contributed by atoms with Gasteiger partial charge in [0.05, 0.1) is 11.1 Å². The zero-order valence-corrected chi connectivity index (χ0v) is 17.3. The van der Waals surface area contributed by atoms with Crippen molar-refractivity contribution in [1.82, 2.24) is 20.3 Å². The Morgan fingerprint density at radius 1 is 1.32 bits per heavy atom. The number of aromatic amines is 1. The molecule has 7 nitrogen and oxygen atoms in total. The van der Waals surface area contributed by atoms with Crippen LogP contribution in [0.4, 0.5) is 5.82 Å². The summed E-state index contributed by atoms with van der Waals surface area (Å²) in [5, 5.41) is 6.43. The third-order valence-corrected chi connectivity index (χ3v) is 5.47. The Balaban J connectivity index is 2.02. The normalized spacial score (nSPS) is 19.6. The summed E-state index contributed by atoms with van der Waals surface area (Å²) in [5.74, 6) is 0.996. The van der Waals surface area contributed by atoms with E-state index in [1.54, 1.807) is 6.07 Å². The third-order valence-electron chi connectivity index (χ3n) is 5.47. The van der Waals surface area contributed by atoms with Crippen LogP contribution in [-0.4, -0.2) is 26.9 Å². The van der Waals surface area contributed by atoms with Crippen molar-refractivity contribution in [2.24, 2.45) is 0 Å². The molecule has 0 radical (unpaired) electrons. The topological polar surface area (TPSA) is 99.8 Å². The van der Waals surface area contributed by atoms with E-state index >= 15 is 0 Å². The van der Waals surface area contributed by atoms with Gasteiger partial charge in [0.2, 0.25) is 5.56 Å². The van der Waals surface area contributed by atoms with E-state index in [4.69, 9.17) is 0 Å². The average Bonchev–Trinajstić information content (AvgIpc) is 2.60. The SMILES string of the molecule is CCC(C)NC(=O)c1ccc(=O)[nH]c1NC1(C)CCCc2nc(C)nc(C)c21. The fourth-order valence-corrected chi connectivity index (χ4v) is 3.98. The van der Waals surface area contributed by atoms with E-state index in [-0.39, 0.29) is 17.5 Å². The van der Waals surface area contributed by atoms with Crippen molar-refractivity contribution < 1.29 is 4.79 Å². The van der Waals surface area contributed by atoms with Gasteiger partial charge in [-0.1, -0.05) is 6.92 Å². The van der Waals surface area contributed by atoms with Crippen LogP contribution in [0.2, 0.25) is 0 Å². The summed E-state index contributed by atoms with van der Waals surface area (Å²) in [5.41, 5.74) is 2.73. The third kappa shape index (κ3) is 3.93. The zero-order chi connectivity index (χ0) is 20.5. The summed E-state index contributed by atoms with van der Waals surface area (Å²) in [6.45, 7) is 9.94. The second-order valence-corrected chi connectivity index (χ2v) is 7.88. The number of anilines is 1. The molecule has 2 unspecified atom stereocenters. The van der Waals surface area contributed by atoms with Crippen LogP contribution in [0.1, 0.15) is 73.2 Å².